The predicted octanol–water partition coefficient (Wildman–Crippen LogP) is 5.47. The van der Waals surface area contributed by atoms with Gasteiger partial charge in [-0.25, -0.2) is 0 Å². The zero-order valence-electron chi connectivity index (χ0n) is 17.3. The highest BCUT2D eigenvalue weighted by Gasteiger charge is 2.14. The van der Waals surface area contributed by atoms with Crippen LogP contribution in [0.5, 0.6) is 0 Å². The first-order valence-electron chi connectivity index (χ1n) is 9.29. The molecule has 0 radical (unpaired) electrons. The third-order valence-electron chi connectivity index (χ3n) is 4.32. The molecule has 0 aliphatic carbocycles. The molecule has 0 N–H and O–H groups in total. The van der Waals surface area contributed by atoms with Crippen LogP contribution in [0.1, 0.15) is 12.8 Å². The van der Waals surface area contributed by atoms with Crippen molar-refractivity contribution in [2.45, 2.75) is 12.8 Å². The highest BCUT2D eigenvalue weighted by molar-refractivity contribution is 9.11. The van der Waals surface area contributed by atoms with E-state index in [1.807, 2.05) is 4.90 Å². The summed E-state index contributed by atoms with van der Waals surface area (Å²) in [5, 5.41) is 19.3. The molecule has 0 spiro atoms. The molecule has 10 nitrogen and oxygen atoms in total. The summed E-state index contributed by atoms with van der Waals surface area (Å²) >= 11 is 6.54. The number of methoxy groups -OCH3 is 2. The Morgan fingerprint density at radius 1 is 0.969 bits per heavy atom. The molecule has 2 aromatic rings. The molecule has 0 heterocycles. The molecule has 0 saturated carbocycles. The van der Waals surface area contributed by atoms with Gasteiger partial charge in [0.15, 0.2) is 0 Å². The number of ether oxygens (including phenoxy) is 2. The number of nitrogens with zero attached hydrogens (tertiary/aromatic N) is 4. The van der Waals surface area contributed by atoms with Crippen LogP contribution in [0.25, 0.3) is 0 Å². The zero-order valence-corrected chi connectivity index (χ0v) is 20.5. The number of anilines is 1. The van der Waals surface area contributed by atoms with Crippen molar-refractivity contribution in [2.24, 2.45) is 10.2 Å². The first-order chi connectivity index (χ1) is 15.2. The summed E-state index contributed by atoms with van der Waals surface area (Å²) < 4.78 is 10.2. The summed E-state index contributed by atoms with van der Waals surface area (Å²) in [5.74, 6) is -0.699. The Morgan fingerprint density at radius 2 is 1.47 bits per heavy atom. The van der Waals surface area contributed by atoms with Crippen molar-refractivity contribution in [1.82, 2.24) is 0 Å². The topological polar surface area (TPSA) is 124 Å². The second kappa shape index (κ2) is 12.2. The Bertz CT molecular complexity index is 971. The van der Waals surface area contributed by atoms with Crippen LogP contribution in [-0.4, -0.2) is 44.2 Å². The Balaban J connectivity index is 2.17. The summed E-state index contributed by atoms with van der Waals surface area (Å²) in [6.45, 7) is 0.737. The third kappa shape index (κ3) is 7.38. The van der Waals surface area contributed by atoms with Crippen LogP contribution in [0.2, 0.25) is 0 Å². The molecule has 0 aromatic heterocycles. The monoisotopic (exact) mass is 570 g/mol. The van der Waals surface area contributed by atoms with Crippen LogP contribution in [0, 0.1) is 10.1 Å². The lowest BCUT2D eigenvalue weighted by atomic mass is 10.2. The molecule has 0 unspecified atom stereocenters. The standard InChI is InChI=1S/C20H20Br2N4O6/c1-31-18(27)7-9-25(10-8-19(28)32-2)14-5-3-13(4-6-14)23-24-20-16(21)11-15(26(29)30)12-17(20)22/h3-6,11-12H,7-10H2,1-2H3. The number of carbonyl (C=O) groups excluding carboxylic acids is 2. The van der Waals surface area contributed by atoms with Crippen LogP contribution >= 0.6 is 31.9 Å². The fourth-order valence-corrected chi connectivity index (χ4v) is 3.94. The Hall–Kier alpha value is -2.86. The molecule has 32 heavy (non-hydrogen) atoms. The molecular weight excluding hydrogens is 552 g/mol. The fraction of sp³-hybridized carbons (Fsp3) is 0.300. The molecule has 0 amide bonds. The van der Waals surface area contributed by atoms with Gasteiger partial charge < -0.3 is 14.4 Å². The smallest absolute Gasteiger partial charge is 0.307 e. The van der Waals surface area contributed by atoms with Crippen molar-refractivity contribution in [1.29, 1.82) is 0 Å². The van der Waals surface area contributed by atoms with Crippen LogP contribution in [0.3, 0.4) is 0 Å². The van der Waals surface area contributed by atoms with E-state index in [0.29, 0.717) is 33.4 Å². The van der Waals surface area contributed by atoms with E-state index in [0.717, 1.165) is 5.69 Å². The van der Waals surface area contributed by atoms with Gasteiger partial charge in [0.1, 0.15) is 5.69 Å². The second-order valence-corrected chi connectivity index (χ2v) is 8.08. The second-order valence-electron chi connectivity index (χ2n) is 6.37. The first kappa shape index (κ1) is 25.4. The van der Waals surface area contributed by atoms with Gasteiger partial charge in [0.2, 0.25) is 0 Å². The number of nitro benzene ring substituents is 1. The van der Waals surface area contributed by atoms with Gasteiger partial charge in [0.05, 0.1) is 46.6 Å². The summed E-state index contributed by atoms with van der Waals surface area (Å²) in [6.07, 6.45) is 0.336. The number of benzene rings is 2. The normalized spacial score (nSPS) is 10.8. The molecule has 0 aliphatic rings. The average Bonchev–Trinajstić information content (AvgIpc) is 2.78. The Kier molecular flexibility index (Phi) is 9.72. The Morgan fingerprint density at radius 3 is 1.91 bits per heavy atom. The number of hydrogen-bond donors (Lipinski definition) is 0. The van der Waals surface area contributed by atoms with E-state index in [1.54, 1.807) is 24.3 Å². The number of nitro groups is 1. The molecule has 2 rings (SSSR count). The van der Waals surface area contributed by atoms with Crippen LogP contribution in [0.15, 0.2) is 55.6 Å². The fourth-order valence-electron chi connectivity index (χ4n) is 2.62. The third-order valence-corrected chi connectivity index (χ3v) is 5.53. The molecule has 2 aromatic carbocycles. The van der Waals surface area contributed by atoms with Crippen molar-refractivity contribution in [3.63, 3.8) is 0 Å². The zero-order chi connectivity index (χ0) is 23.7. The lowest BCUT2D eigenvalue weighted by Gasteiger charge is -2.24. The van der Waals surface area contributed by atoms with Crippen molar-refractivity contribution in [3.05, 3.63) is 55.5 Å². The van der Waals surface area contributed by atoms with E-state index in [-0.39, 0.29) is 30.5 Å². The minimum absolute atomic E-state index is 0.0777. The van der Waals surface area contributed by atoms with Crippen LogP contribution in [-0.2, 0) is 19.1 Å². The van der Waals surface area contributed by atoms with E-state index in [9.17, 15) is 19.7 Å². The molecule has 0 aliphatic heterocycles. The number of hydrogen-bond acceptors (Lipinski definition) is 9. The van der Waals surface area contributed by atoms with Gasteiger partial charge in [-0.3, -0.25) is 19.7 Å². The molecular formula is C20H20Br2N4O6. The van der Waals surface area contributed by atoms with Gasteiger partial charge >= 0.3 is 11.9 Å². The summed E-state index contributed by atoms with van der Waals surface area (Å²) in [5.41, 5.74) is 1.67. The molecule has 0 atom stereocenters. The molecule has 0 saturated heterocycles. The number of azo groups is 1. The summed E-state index contributed by atoms with van der Waals surface area (Å²) in [6, 6.07) is 9.75. The number of non-ortho nitro benzene ring substituents is 1. The van der Waals surface area contributed by atoms with Gasteiger partial charge in [0.25, 0.3) is 5.69 Å². The van der Waals surface area contributed by atoms with Crippen molar-refractivity contribution in [3.8, 4) is 0 Å². The number of halogens is 2. The SMILES string of the molecule is COC(=O)CCN(CCC(=O)OC)c1ccc(N=Nc2c(Br)cc([N+](=O)[O-])cc2Br)cc1. The summed E-state index contributed by atoms with van der Waals surface area (Å²) in [4.78, 5) is 35.3. The maximum absolute atomic E-state index is 11.5. The largest absolute Gasteiger partial charge is 0.469 e. The van der Waals surface area contributed by atoms with E-state index in [1.165, 1.54) is 26.4 Å². The average molecular weight is 572 g/mol. The highest BCUT2D eigenvalue weighted by atomic mass is 79.9. The number of rotatable bonds is 10. The lowest BCUT2D eigenvalue weighted by molar-refractivity contribution is -0.385. The Labute approximate surface area is 201 Å². The van der Waals surface area contributed by atoms with Gasteiger partial charge in [-0.2, -0.15) is 5.11 Å². The van der Waals surface area contributed by atoms with E-state index >= 15 is 0 Å². The number of esters is 2. The van der Waals surface area contributed by atoms with E-state index < -0.39 is 4.92 Å². The van der Waals surface area contributed by atoms with Gasteiger partial charge in [-0.1, -0.05) is 0 Å². The highest BCUT2D eigenvalue weighted by Crippen LogP contribution is 2.38. The molecule has 0 fully saturated rings. The molecule has 170 valence electrons. The first-order valence-corrected chi connectivity index (χ1v) is 10.9. The maximum Gasteiger partial charge on any atom is 0.307 e. The van der Waals surface area contributed by atoms with Gasteiger partial charge in [-0.15, -0.1) is 5.11 Å². The predicted molar refractivity (Wildman–Crippen MR) is 125 cm³/mol. The van der Waals surface area contributed by atoms with Crippen LogP contribution in [0.4, 0.5) is 22.7 Å². The number of carbonyl (C=O) groups is 2. The minimum atomic E-state index is -0.499. The van der Waals surface area contributed by atoms with E-state index in [4.69, 9.17) is 0 Å². The lowest BCUT2D eigenvalue weighted by Crippen LogP contribution is -2.29. The van der Waals surface area contributed by atoms with Crippen LogP contribution < -0.4 is 4.90 Å². The maximum atomic E-state index is 11.5. The molecule has 12 heteroatoms. The summed E-state index contributed by atoms with van der Waals surface area (Å²) in [7, 11) is 2.64. The van der Waals surface area contributed by atoms with E-state index in [2.05, 4.69) is 51.6 Å². The minimum Gasteiger partial charge on any atom is -0.469 e. The quantitative estimate of drug-likeness (QED) is 0.160. The van der Waals surface area contributed by atoms with Crippen molar-refractivity contribution < 1.29 is 24.0 Å². The van der Waals surface area contributed by atoms with Crippen molar-refractivity contribution in [2.75, 3.05) is 32.2 Å². The molecule has 0 bridgehead atoms. The van der Waals surface area contributed by atoms with Gasteiger partial charge in [-0.05, 0) is 56.1 Å². The van der Waals surface area contributed by atoms with Crippen molar-refractivity contribution >= 4 is 66.5 Å². The van der Waals surface area contributed by atoms with Gasteiger partial charge in [0, 0.05) is 30.9 Å².